The van der Waals surface area contributed by atoms with Crippen molar-refractivity contribution in [1.82, 2.24) is 8.80 Å². The van der Waals surface area contributed by atoms with Crippen molar-refractivity contribution in [2.24, 2.45) is 0 Å². The molecule has 382 valence electrons. The molecule has 0 radical (unpaired) electrons. The molecule has 80 heavy (non-hydrogen) atoms. The lowest BCUT2D eigenvalue weighted by Gasteiger charge is -2.26. The van der Waals surface area contributed by atoms with Gasteiger partial charge < -0.3 is 27.4 Å². The van der Waals surface area contributed by atoms with Crippen LogP contribution in [0.4, 0.5) is 34.1 Å². The summed E-state index contributed by atoms with van der Waals surface area (Å²) in [4.78, 5) is 3.62. The smallest absolute Gasteiger partial charge is 0.159 e. The van der Waals surface area contributed by atoms with E-state index in [-0.39, 0.29) is 46.4 Å². The first-order valence-corrected chi connectivity index (χ1v) is 27.1. The van der Waals surface area contributed by atoms with E-state index in [0.29, 0.717) is 33.9 Å². The first-order chi connectivity index (χ1) is 43.1. The van der Waals surface area contributed by atoms with E-state index in [2.05, 4.69) is 111 Å². The molecule has 0 amide bonds. The zero-order chi connectivity index (χ0) is 62.2. The molecular weight excluding hydrogens is 977 g/mol. The molecule has 0 fully saturated rings. The highest BCUT2D eigenvalue weighted by atomic mass is 16.3. The van der Waals surface area contributed by atoms with Crippen LogP contribution >= 0.6 is 0 Å². The molecule has 0 spiro atoms. The van der Waals surface area contributed by atoms with Crippen molar-refractivity contribution in [2.45, 2.75) is 52.4 Å². The molecular formula is C74H54N4O2. The van der Waals surface area contributed by atoms with Crippen LogP contribution in [0.1, 0.15) is 66.4 Å². The Hall–Kier alpha value is -9.78. The fourth-order valence-electron chi connectivity index (χ4n) is 13.4. The summed E-state index contributed by atoms with van der Waals surface area (Å²) < 4.78 is 111. The number of anilines is 6. The highest BCUT2D eigenvalue weighted by Crippen LogP contribution is 2.53. The highest BCUT2D eigenvalue weighted by Gasteiger charge is 2.31. The molecule has 6 nitrogen and oxygen atoms in total. The monoisotopic (exact) mass is 1040 g/mol. The molecule has 6 aromatic heterocycles. The van der Waals surface area contributed by atoms with Gasteiger partial charge in [0.15, 0.2) is 11.2 Å². The van der Waals surface area contributed by atoms with Crippen LogP contribution in [0.2, 0.25) is 0 Å². The third kappa shape index (κ3) is 6.02. The van der Waals surface area contributed by atoms with Crippen LogP contribution in [0, 0.1) is 0 Å². The van der Waals surface area contributed by atoms with Gasteiger partial charge in [-0.15, -0.1) is 0 Å². The van der Waals surface area contributed by atoms with Crippen molar-refractivity contribution in [3.05, 3.63) is 229 Å². The quantitative estimate of drug-likeness (QED) is 0.166. The number of benzene rings is 11. The molecule has 11 aromatic carbocycles. The van der Waals surface area contributed by atoms with Crippen LogP contribution in [-0.2, 0) is 10.8 Å². The van der Waals surface area contributed by atoms with E-state index in [0.717, 1.165) is 120 Å². The number of aromatic nitrogens is 2. The first kappa shape index (κ1) is 36.3. The SMILES string of the molecule is [2H]c1c([2H])c([2H])c(N(c2cccc3c2oc2c(C(C)(C)C)cccc23)c2ccc3c4cc5c(cc4n4c6ccccc6c2c34)c2ccc(N(c3c([2H])c([2H])c([2H])c([2H])c3[2H])c3cccc4c3oc3c(C(C)(C)C)cccc34)c3c4ccccc4n5c23)c([2H])c1[2H]. The van der Waals surface area contributed by atoms with Crippen LogP contribution in [0.5, 0.6) is 0 Å². The van der Waals surface area contributed by atoms with E-state index in [1.165, 1.54) is 0 Å². The van der Waals surface area contributed by atoms with Crippen molar-refractivity contribution in [3.63, 3.8) is 0 Å². The molecule has 0 aliphatic rings. The fraction of sp³-hybridized carbons (Fsp3) is 0.108. The van der Waals surface area contributed by atoms with Crippen molar-refractivity contribution < 1.29 is 22.5 Å². The molecule has 17 rings (SSSR count). The summed E-state index contributed by atoms with van der Waals surface area (Å²) in [5, 5.41) is 10.7. The largest absolute Gasteiger partial charge is 0.454 e. The number of fused-ring (bicyclic) bond motifs is 18. The Balaban J connectivity index is 0.959. The molecule has 0 unspecified atom stereocenters. The van der Waals surface area contributed by atoms with Gasteiger partial charge >= 0.3 is 0 Å². The number of para-hydroxylation sites is 8. The van der Waals surface area contributed by atoms with Crippen LogP contribution in [0.15, 0.2) is 227 Å². The van der Waals surface area contributed by atoms with E-state index in [1.807, 2.05) is 107 Å². The Labute approximate surface area is 475 Å². The van der Waals surface area contributed by atoms with Gasteiger partial charge in [0.2, 0.25) is 0 Å². The Morgan fingerprint density at radius 2 is 0.713 bits per heavy atom. The van der Waals surface area contributed by atoms with Crippen LogP contribution in [-0.4, -0.2) is 8.80 Å². The zero-order valence-electron chi connectivity index (χ0n) is 54.6. The second kappa shape index (κ2) is 15.9. The third-order valence-electron chi connectivity index (χ3n) is 16.8. The topological polar surface area (TPSA) is 41.6 Å². The molecule has 6 heteroatoms. The molecule has 0 aliphatic heterocycles. The van der Waals surface area contributed by atoms with Crippen molar-refractivity contribution in [2.75, 3.05) is 9.80 Å². The minimum Gasteiger partial charge on any atom is -0.454 e. The number of hydrogen-bond acceptors (Lipinski definition) is 4. The number of rotatable bonds is 6. The zero-order valence-corrected chi connectivity index (χ0v) is 44.6. The fourth-order valence-corrected chi connectivity index (χ4v) is 13.4. The Morgan fingerprint density at radius 1 is 0.338 bits per heavy atom. The predicted octanol–water partition coefficient (Wildman–Crippen LogP) is 21.3. The van der Waals surface area contributed by atoms with Crippen LogP contribution < -0.4 is 9.80 Å². The summed E-state index contributed by atoms with van der Waals surface area (Å²) in [6, 6.07) is 48.8. The molecule has 6 heterocycles. The normalized spacial score (nSPS) is 14.6. The molecule has 17 aromatic rings. The molecule has 0 bridgehead atoms. The number of nitrogens with zero attached hydrogens (tertiary/aromatic N) is 4. The first-order valence-electron chi connectivity index (χ1n) is 32.1. The lowest BCUT2D eigenvalue weighted by atomic mass is 9.86. The Morgan fingerprint density at radius 3 is 1.12 bits per heavy atom. The average Bonchev–Trinajstić information content (AvgIpc) is 1.51. The standard InChI is InChI=1S/C74H54N4O2/c1-73(2,3)55-31-17-27-47-49-29-19-35-61(71(49)79-69(47)55)75(43-21-9-7-10-22-43)59-39-37-45-53-41-64-54(42-63(53)77-57-33-15-13-25-51(57)65(59)67(45)77)46-38-40-60(66-52-26-14-16-34-58(52)78(64)68(46)66)76(44-23-11-8-12-24-44)62-36-20-30-50-48-28-18-32-56(74(4,5)6)70(48)80-72(50)62/h7-42H,1-6H3/i7D,8D,9D,10D,11D,12D,21D,22D,23D,24D. The minimum absolute atomic E-state index is 0.0137. The number of hydrogen-bond donors (Lipinski definition) is 0. The van der Waals surface area contributed by atoms with Gasteiger partial charge in [-0.1, -0.05) is 187 Å². The summed E-state index contributed by atoms with van der Waals surface area (Å²) in [6.07, 6.45) is 0. The maximum atomic E-state index is 9.61. The van der Waals surface area contributed by atoms with Crippen LogP contribution in [0.3, 0.4) is 0 Å². The summed E-state index contributed by atoms with van der Waals surface area (Å²) >= 11 is 0. The lowest BCUT2D eigenvalue weighted by Crippen LogP contribution is -2.11. The second-order valence-electron chi connectivity index (χ2n) is 23.3. The summed E-state index contributed by atoms with van der Waals surface area (Å²) in [5.74, 6) is 0. The number of furan rings is 2. The Kier molecular flexibility index (Phi) is 7.23. The average molecular weight is 1040 g/mol. The van der Waals surface area contributed by atoms with Gasteiger partial charge in [0.25, 0.3) is 0 Å². The van der Waals surface area contributed by atoms with Crippen LogP contribution in [0.25, 0.3) is 120 Å². The highest BCUT2D eigenvalue weighted by molar-refractivity contribution is 6.32. The van der Waals surface area contributed by atoms with E-state index < -0.39 is 36.3 Å². The summed E-state index contributed by atoms with van der Waals surface area (Å²) in [7, 11) is 0. The molecule has 0 atom stereocenters. The summed E-state index contributed by atoms with van der Waals surface area (Å²) in [5.41, 5.74) is 11.6. The van der Waals surface area contributed by atoms with E-state index in [9.17, 15) is 5.48 Å². The van der Waals surface area contributed by atoms with Gasteiger partial charge in [-0.2, -0.15) is 0 Å². The molecule has 0 aliphatic carbocycles. The van der Waals surface area contributed by atoms with Crippen molar-refractivity contribution in [1.29, 1.82) is 0 Å². The minimum atomic E-state index is -0.490. The molecule has 0 N–H and O–H groups in total. The maximum absolute atomic E-state index is 9.61. The van der Waals surface area contributed by atoms with Crippen molar-refractivity contribution in [3.8, 4) is 0 Å². The third-order valence-corrected chi connectivity index (χ3v) is 16.8. The van der Waals surface area contributed by atoms with Gasteiger partial charge in [-0.05, 0) is 83.5 Å². The maximum Gasteiger partial charge on any atom is 0.159 e. The van der Waals surface area contributed by atoms with Gasteiger partial charge in [-0.3, -0.25) is 0 Å². The van der Waals surface area contributed by atoms with E-state index in [1.54, 1.807) is 0 Å². The van der Waals surface area contributed by atoms with E-state index in [4.69, 9.17) is 17.1 Å². The lowest BCUT2D eigenvalue weighted by molar-refractivity contribution is 0.572. The molecule has 0 saturated carbocycles. The van der Waals surface area contributed by atoms with Gasteiger partial charge in [0, 0.05) is 87.1 Å². The Bertz CT molecular complexity index is 5620. The predicted molar refractivity (Wildman–Crippen MR) is 337 cm³/mol. The van der Waals surface area contributed by atoms with Gasteiger partial charge in [0.1, 0.15) is 11.2 Å². The van der Waals surface area contributed by atoms with Gasteiger partial charge in [0.05, 0.1) is 69.6 Å². The second-order valence-corrected chi connectivity index (χ2v) is 23.3. The molecule has 0 saturated heterocycles. The van der Waals surface area contributed by atoms with Gasteiger partial charge in [-0.25, -0.2) is 0 Å². The van der Waals surface area contributed by atoms with Crippen molar-refractivity contribution >= 4 is 154 Å². The summed E-state index contributed by atoms with van der Waals surface area (Å²) in [6.45, 7) is 12.9. The van der Waals surface area contributed by atoms with E-state index >= 15 is 0 Å².